The van der Waals surface area contributed by atoms with Gasteiger partial charge in [-0.05, 0) is 18.8 Å². The highest BCUT2D eigenvalue weighted by Crippen LogP contribution is 2.35. The van der Waals surface area contributed by atoms with Gasteiger partial charge in [0, 0.05) is 13.7 Å². The van der Waals surface area contributed by atoms with Crippen molar-refractivity contribution in [2.24, 2.45) is 11.7 Å². The first-order valence-corrected chi connectivity index (χ1v) is 6.98. The first-order valence-electron chi connectivity index (χ1n) is 6.98. The van der Waals surface area contributed by atoms with Crippen LogP contribution in [0.5, 0.6) is 0 Å². The molecule has 0 radical (unpaired) electrons. The van der Waals surface area contributed by atoms with E-state index in [4.69, 9.17) is 19.7 Å². The first-order chi connectivity index (χ1) is 9.35. The van der Waals surface area contributed by atoms with Gasteiger partial charge in [-0.15, -0.1) is 0 Å². The molecule has 1 aliphatic carbocycles. The maximum atomic E-state index is 5.57. The molecule has 1 atom stereocenters. The van der Waals surface area contributed by atoms with Crippen LogP contribution in [0.25, 0.3) is 0 Å². The Morgan fingerprint density at radius 3 is 2.84 bits per heavy atom. The first kappa shape index (κ1) is 14.4. The number of nitrogens with zero attached hydrogens (tertiary/aromatic N) is 2. The van der Waals surface area contributed by atoms with Gasteiger partial charge in [-0.25, -0.2) is 0 Å². The molecular formula is C13H23N3O3. The quantitative estimate of drug-likeness (QED) is 0.760. The molecule has 0 amide bonds. The van der Waals surface area contributed by atoms with Crippen LogP contribution in [-0.2, 0) is 16.1 Å². The van der Waals surface area contributed by atoms with Crippen LogP contribution in [0.2, 0.25) is 0 Å². The van der Waals surface area contributed by atoms with Crippen molar-refractivity contribution in [2.75, 3.05) is 20.3 Å². The Morgan fingerprint density at radius 2 is 2.16 bits per heavy atom. The molecule has 1 aliphatic rings. The van der Waals surface area contributed by atoms with E-state index in [9.17, 15) is 0 Å². The predicted octanol–water partition coefficient (Wildman–Crippen LogP) is 1.81. The van der Waals surface area contributed by atoms with Crippen LogP contribution in [0.1, 0.15) is 49.9 Å². The Labute approximate surface area is 113 Å². The minimum Gasteiger partial charge on any atom is -0.373 e. The Hall–Kier alpha value is -0.980. The van der Waals surface area contributed by atoms with Crippen LogP contribution in [0.4, 0.5) is 0 Å². The van der Waals surface area contributed by atoms with Crippen molar-refractivity contribution in [1.29, 1.82) is 0 Å². The van der Waals surface area contributed by atoms with E-state index in [2.05, 4.69) is 10.1 Å². The topological polar surface area (TPSA) is 83.4 Å². The summed E-state index contributed by atoms with van der Waals surface area (Å²) in [6, 6.07) is 0. The molecule has 1 aromatic rings. The molecule has 1 fully saturated rings. The van der Waals surface area contributed by atoms with E-state index < -0.39 is 0 Å². The van der Waals surface area contributed by atoms with Gasteiger partial charge in [-0.2, -0.15) is 4.98 Å². The lowest BCUT2D eigenvalue weighted by molar-refractivity contribution is 0.0273. The van der Waals surface area contributed by atoms with Crippen molar-refractivity contribution in [2.45, 2.75) is 44.8 Å². The Morgan fingerprint density at radius 1 is 1.37 bits per heavy atom. The monoisotopic (exact) mass is 269 g/mol. The zero-order valence-corrected chi connectivity index (χ0v) is 11.5. The average molecular weight is 269 g/mol. The van der Waals surface area contributed by atoms with Gasteiger partial charge in [0.05, 0.1) is 6.61 Å². The lowest BCUT2D eigenvalue weighted by Crippen LogP contribution is -2.19. The molecular weight excluding hydrogens is 246 g/mol. The van der Waals surface area contributed by atoms with Crippen LogP contribution in [-0.4, -0.2) is 30.4 Å². The van der Waals surface area contributed by atoms with Gasteiger partial charge >= 0.3 is 0 Å². The van der Waals surface area contributed by atoms with Crippen LogP contribution in [0, 0.1) is 5.92 Å². The summed E-state index contributed by atoms with van der Waals surface area (Å²) in [7, 11) is 1.71. The van der Waals surface area contributed by atoms with E-state index in [1.54, 1.807) is 7.11 Å². The highest BCUT2D eigenvalue weighted by molar-refractivity contribution is 4.94. The number of nitrogens with two attached hydrogens (primary N) is 1. The van der Waals surface area contributed by atoms with Crippen molar-refractivity contribution in [1.82, 2.24) is 10.1 Å². The molecule has 1 unspecified atom stereocenters. The summed E-state index contributed by atoms with van der Waals surface area (Å²) >= 11 is 0. The van der Waals surface area contributed by atoms with Crippen molar-refractivity contribution < 1.29 is 14.0 Å². The summed E-state index contributed by atoms with van der Waals surface area (Å²) in [5.41, 5.74) is 5.35. The third kappa shape index (κ3) is 3.99. The van der Waals surface area contributed by atoms with E-state index in [0.717, 1.165) is 0 Å². The lowest BCUT2D eigenvalue weighted by Gasteiger charge is -2.26. The van der Waals surface area contributed by atoms with E-state index in [-0.39, 0.29) is 6.10 Å². The van der Waals surface area contributed by atoms with Gasteiger partial charge < -0.3 is 19.7 Å². The maximum Gasteiger partial charge on any atom is 0.252 e. The van der Waals surface area contributed by atoms with Crippen molar-refractivity contribution in [3.63, 3.8) is 0 Å². The second-order valence-corrected chi connectivity index (χ2v) is 4.94. The maximum absolute atomic E-state index is 5.57. The average Bonchev–Trinajstić information content (AvgIpc) is 2.90. The Balaban J connectivity index is 1.94. The smallest absolute Gasteiger partial charge is 0.252 e. The van der Waals surface area contributed by atoms with Crippen molar-refractivity contribution >= 4 is 0 Å². The summed E-state index contributed by atoms with van der Waals surface area (Å²) in [5.74, 6) is 1.62. The molecule has 1 saturated carbocycles. The van der Waals surface area contributed by atoms with Crippen molar-refractivity contribution in [3.8, 4) is 0 Å². The lowest BCUT2D eigenvalue weighted by atomic mass is 9.85. The number of rotatable bonds is 7. The van der Waals surface area contributed by atoms with Crippen molar-refractivity contribution in [3.05, 3.63) is 11.7 Å². The zero-order chi connectivity index (χ0) is 13.5. The van der Waals surface area contributed by atoms with Crippen LogP contribution in [0.15, 0.2) is 4.52 Å². The molecule has 1 heterocycles. The number of ether oxygens (including phenoxy) is 2. The largest absolute Gasteiger partial charge is 0.373 e. The Bertz CT molecular complexity index is 364. The molecule has 19 heavy (non-hydrogen) atoms. The minimum absolute atomic E-state index is 0.0627. The SMILES string of the molecule is COC(c1noc(COCCN)n1)C1CCCCC1. The fourth-order valence-corrected chi connectivity index (χ4v) is 2.63. The fraction of sp³-hybridized carbons (Fsp3) is 0.846. The number of methoxy groups -OCH3 is 1. The predicted molar refractivity (Wildman–Crippen MR) is 69.3 cm³/mol. The standard InChI is InChI=1S/C13H23N3O3/c1-17-12(10-5-3-2-4-6-10)13-15-11(19-16-13)9-18-8-7-14/h10,12H,2-9,14H2,1H3. The molecule has 1 aromatic heterocycles. The summed E-state index contributed by atoms with van der Waals surface area (Å²) in [6.07, 6.45) is 6.12. The molecule has 6 heteroatoms. The normalized spacial score (nSPS) is 18.6. The van der Waals surface area contributed by atoms with Gasteiger partial charge in [0.1, 0.15) is 12.7 Å². The van der Waals surface area contributed by atoms with E-state index in [1.165, 1.54) is 32.1 Å². The third-order valence-corrected chi connectivity index (χ3v) is 3.56. The van der Waals surface area contributed by atoms with Crippen LogP contribution >= 0.6 is 0 Å². The van der Waals surface area contributed by atoms with E-state index in [0.29, 0.717) is 37.4 Å². The summed E-state index contributed by atoms with van der Waals surface area (Å²) in [4.78, 5) is 4.36. The third-order valence-electron chi connectivity index (χ3n) is 3.56. The second-order valence-electron chi connectivity index (χ2n) is 4.94. The molecule has 0 bridgehead atoms. The summed E-state index contributed by atoms with van der Waals surface area (Å²) < 4.78 is 16.0. The highest BCUT2D eigenvalue weighted by Gasteiger charge is 2.28. The molecule has 2 N–H and O–H groups in total. The molecule has 0 saturated heterocycles. The van der Waals surface area contributed by atoms with Gasteiger partial charge in [0.15, 0.2) is 0 Å². The summed E-state index contributed by atoms with van der Waals surface area (Å²) in [5, 5.41) is 4.02. The number of hydrogen-bond donors (Lipinski definition) is 1. The van der Waals surface area contributed by atoms with Crippen LogP contribution in [0.3, 0.4) is 0 Å². The molecule has 0 aliphatic heterocycles. The molecule has 2 rings (SSSR count). The highest BCUT2D eigenvalue weighted by atomic mass is 16.5. The van der Waals surface area contributed by atoms with Gasteiger partial charge in [-0.1, -0.05) is 24.4 Å². The minimum atomic E-state index is -0.0627. The molecule has 6 nitrogen and oxygen atoms in total. The number of hydrogen-bond acceptors (Lipinski definition) is 6. The van der Waals surface area contributed by atoms with Gasteiger partial charge in [-0.3, -0.25) is 0 Å². The van der Waals surface area contributed by atoms with Gasteiger partial charge in [0.25, 0.3) is 5.89 Å². The Kier molecular flexibility index (Phi) is 5.75. The zero-order valence-electron chi connectivity index (χ0n) is 11.5. The van der Waals surface area contributed by atoms with E-state index in [1.807, 2.05) is 0 Å². The number of aromatic nitrogens is 2. The molecule has 108 valence electrons. The summed E-state index contributed by atoms with van der Waals surface area (Å²) in [6.45, 7) is 1.29. The fourth-order valence-electron chi connectivity index (χ4n) is 2.63. The van der Waals surface area contributed by atoms with Crippen LogP contribution < -0.4 is 5.73 Å². The molecule has 0 spiro atoms. The molecule has 0 aromatic carbocycles. The van der Waals surface area contributed by atoms with Gasteiger partial charge in [0.2, 0.25) is 5.82 Å². The second kappa shape index (κ2) is 7.57. The van der Waals surface area contributed by atoms with E-state index >= 15 is 0 Å².